The summed E-state index contributed by atoms with van der Waals surface area (Å²) in [6.45, 7) is 3.78. The zero-order chi connectivity index (χ0) is 18.8. The fourth-order valence-corrected chi connectivity index (χ4v) is 3.06. The summed E-state index contributed by atoms with van der Waals surface area (Å²) < 4.78 is 5.19. The summed E-state index contributed by atoms with van der Waals surface area (Å²) in [7, 11) is 1.59. The van der Waals surface area contributed by atoms with Crippen LogP contribution in [-0.2, 0) is 9.59 Å². The average Bonchev–Trinajstić information content (AvgIpc) is 2.61. The Labute approximate surface area is 157 Å². The van der Waals surface area contributed by atoms with Crippen molar-refractivity contribution in [2.24, 2.45) is 0 Å². The number of nitrogens with zero attached hydrogens (tertiary/aromatic N) is 1. The smallest absolute Gasteiger partial charge is 0.270 e. The monoisotopic (exact) mass is 366 g/mol. The van der Waals surface area contributed by atoms with Crippen LogP contribution in [0.4, 0.5) is 5.69 Å². The summed E-state index contributed by atoms with van der Waals surface area (Å²) in [5.41, 5.74) is 3.24. The highest BCUT2D eigenvalue weighted by Crippen LogP contribution is 2.26. The van der Waals surface area contributed by atoms with Gasteiger partial charge in [0.2, 0.25) is 0 Å². The molecule has 2 amide bonds. The summed E-state index contributed by atoms with van der Waals surface area (Å²) in [5.74, 6) is -0.227. The number of anilines is 1. The lowest BCUT2D eigenvalue weighted by molar-refractivity contribution is -0.122. The number of amides is 2. The van der Waals surface area contributed by atoms with E-state index >= 15 is 0 Å². The summed E-state index contributed by atoms with van der Waals surface area (Å²) in [5, 5.41) is 2.68. The Morgan fingerprint density at radius 1 is 1.08 bits per heavy atom. The Kier molecular flexibility index (Phi) is 4.86. The van der Waals surface area contributed by atoms with Crippen molar-refractivity contribution in [1.82, 2.24) is 5.32 Å². The normalized spacial score (nSPS) is 16.0. The highest BCUT2D eigenvalue weighted by atomic mass is 32.1. The molecule has 0 saturated carbocycles. The third-order valence-electron chi connectivity index (χ3n) is 4.23. The fourth-order valence-electron chi connectivity index (χ4n) is 2.78. The van der Waals surface area contributed by atoms with E-state index in [1.165, 1.54) is 4.90 Å². The van der Waals surface area contributed by atoms with Crippen molar-refractivity contribution in [2.75, 3.05) is 12.0 Å². The van der Waals surface area contributed by atoms with E-state index in [9.17, 15) is 9.59 Å². The van der Waals surface area contributed by atoms with E-state index in [1.807, 2.05) is 44.2 Å². The number of rotatable bonds is 3. The van der Waals surface area contributed by atoms with Crippen molar-refractivity contribution in [3.8, 4) is 5.75 Å². The lowest BCUT2D eigenvalue weighted by Gasteiger charge is -2.30. The van der Waals surface area contributed by atoms with Gasteiger partial charge in [0.15, 0.2) is 5.11 Å². The molecule has 3 rings (SSSR count). The van der Waals surface area contributed by atoms with E-state index in [4.69, 9.17) is 17.0 Å². The highest BCUT2D eigenvalue weighted by molar-refractivity contribution is 7.80. The molecule has 0 spiro atoms. The van der Waals surface area contributed by atoms with Gasteiger partial charge >= 0.3 is 0 Å². The van der Waals surface area contributed by atoms with Gasteiger partial charge < -0.3 is 4.74 Å². The van der Waals surface area contributed by atoms with Crippen molar-refractivity contribution in [3.05, 3.63) is 64.7 Å². The zero-order valence-electron chi connectivity index (χ0n) is 14.7. The van der Waals surface area contributed by atoms with Crippen molar-refractivity contribution >= 4 is 40.9 Å². The molecule has 1 saturated heterocycles. The molecule has 1 aliphatic heterocycles. The first kappa shape index (κ1) is 17.8. The van der Waals surface area contributed by atoms with Crippen LogP contribution in [0.5, 0.6) is 5.75 Å². The molecule has 0 radical (unpaired) electrons. The van der Waals surface area contributed by atoms with Gasteiger partial charge in [0, 0.05) is 0 Å². The number of thiocarbonyl (C=S) groups is 1. The molecule has 6 heteroatoms. The third-order valence-corrected chi connectivity index (χ3v) is 4.52. The van der Waals surface area contributed by atoms with Crippen LogP contribution in [-0.4, -0.2) is 24.0 Å². The number of carbonyl (C=O) groups is 2. The van der Waals surface area contributed by atoms with E-state index in [0.29, 0.717) is 11.4 Å². The predicted octanol–water partition coefficient (Wildman–Crippen LogP) is 3.14. The fraction of sp³-hybridized carbons (Fsp3) is 0.150. The van der Waals surface area contributed by atoms with Gasteiger partial charge in [0.25, 0.3) is 11.8 Å². The van der Waals surface area contributed by atoms with Gasteiger partial charge in [-0.2, -0.15) is 0 Å². The Balaban J connectivity index is 2.05. The van der Waals surface area contributed by atoms with Gasteiger partial charge in [-0.15, -0.1) is 0 Å². The van der Waals surface area contributed by atoms with Gasteiger partial charge in [-0.05, 0) is 67.0 Å². The van der Waals surface area contributed by atoms with E-state index in [1.54, 1.807) is 25.3 Å². The average molecular weight is 366 g/mol. The lowest BCUT2D eigenvalue weighted by Crippen LogP contribution is -2.54. The Hall–Kier alpha value is -2.99. The SMILES string of the molecule is COc1ccc(/C=C2\C(=O)NC(=S)N(c3ccccc3C)C2=O)c(C)c1. The van der Waals surface area contributed by atoms with Gasteiger partial charge in [-0.3, -0.25) is 19.8 Å². The summed E-state index contributed by atoms with van der Waals surface area (Å²) in [6.07, 6.45) is 1.58. The molecule has 1 N–H and O–H groups in total. The van der Waals surface area contributed by atoms with Crippen molar-refractivity contribution in [2.45, 2.75) is 13.8 Å². The Morgan fingerprint density at radius 3 is 2.46 bits per heavy atom. The molecular formula is C20H18N2O3S. The van der Waals surface area contributed by atoms with E-state index in [0.717, 1.165) is 16.7 Å². The molecule has 132 valence electrons. The second-order valence-electron chi connectivity index (χ2n) is 5.97. The Bertz CT molecular complexity index is 950. The predicted molar refractivity (Wildman–Crippen MR) is 105 cm³/mol. The molecule has 1 heterocycles. The lowest BCUT2D eigenvalue weighted by atomic mass is 10.0. The van der Waals surface area contributed by atoms with Crippen LogP contribution in [0.2, 0.25) is 0 Å². The molecule has 1 aliphatic rings. The number of aryl methyl sites for hydroxylation is 2. The zero-order valence-corrected chi connectivity index (χ0v) is 15.5. The molecular weight excluding hydrogens is 348 g/mol. The van der Waals surface area contributed by atoms with Gasteiger partial charge in [0.1, 0.15) is 11.3 Å². The van der Waals surface area contributed by atoms with Gasteiger partial charge in [-0.1, -0.05) is 24.3 Å². The first-order valence-corrected chi connectivity index (χ1v) is 8.45. The topological polar surface area (TPSA) is 58.6 Å². The van der Waals surface area contributed by atoms with Crippen LogP contribution in [0.15, 0.2) is 48.0 Å². The van der Waals surface area contributed by atoms with E-state index in [-0.39, 0.29) is 10.7 Å². The minimum absolute atomic E-state index is 0.0371. The maximum Gasteiger partial charge on any atom is 0.270 e. The second-order valence-corrected chi connectivity index (χ2v) is 6.35. The molecule has 5 nitrogen and oxygen atoms in total. The minimum atomic E-state index is -0.500. The first-order chi connectivity index (χ1) is 12.4. The van der Waals surface area contributed by atoms with Crippen LogP contribution in [0, 0.1) is 13.8 Å². The summed E-state index contributed by atoms with van der Waals surface area (Å²) >= 11 is 5.23. The number of hydrogen-bond donors (Lipinski definition) is 1. The standard InChI is InChI=1S/C20H18N2O3S/c1-12-6-4-5-7-17(12)22-19(24)16(18(23)21-20(22)26)11-14-8-9-15(25-3)10-13(14)2/h4-11H,1-3H3,(H,21,23,26)/b16-11+. The molecule has 1 fully saturated rings. The van der Waals surface area contributed by atoms with Crippen molar-refractivity contribution in [3.63, 3.8) is 0 Å². The summed E-state index contributed by atoms with van der Waals surface area (Å²) in [6, 6.07) is 12.8. The number of hydrogen-bond acceptors (Lipinski definition) is 4. The molecule has 0 aromatic heterocycles. The first-order valence-electron chi connectivity index (χ1n) is 8.04. The van der Waals surface area contributed by atoms with Crippen molar-refractivity contribution in [1.29, 1.82) is 0 Å². The molecule has 2 aromatic carbocycles. The summed E-state index contributed by atoms with van der Waals surface area (Å²) in [4.78, 5) is 26.8. The maximum absolute atomic E-state index is 13.0. The van der Waals surface area contributed by atoms with Gasteiger partial charge in [-0.25, -0.2) is 0 Å². The van der Waals surface area contributed by atoms with Crippen LogP contribution >= 0.6 is 12.2 Å². The number of nitrogens with one attached hydrogen (secondary N) is 1. The molecule has 2 aromatic rings. The third kappa shape index (κ3) is 3.23. The molecule has 0 aliphatic carbocycles. The number of methoxy groups -OCH3 is 1. The Morgan fingerprint density at radius 2 is 1.81 bits per heavy atom. The maximum atomic E-state index is 13.0. The minimum Gasteiger partial charge on any atom is -0.497 e. The van der Waals surface area contributed by atoms with E-state index < -0.39 is 11.8 Å². The number of para-hydroxylation sites is 1. The second kappa shape index (κ2) is 7.09. The molecule has 26 heavy (non-hydrogen) atoms. The quantitative estimate of drug-likeness (QED) is 0.515. The number of carbonyl (C=O) groups excluding carboxylic acids is 2. The molecule has 0 bridgehead atoms. The van der Waals surface area contributed by atoms with Crippen LogP contribution < -0.4 is 15.0 Å². The van der Waals surface area contributed by atoms with Crippen LogP contribution in [0.3, 0.4) is 0 Å². The largest absolute Gasteiger partial charge is 0.497 e. The van der Waals surface area contributed by atoms with Crippen LogP contribution in [0.25, 0.3) is 6.08 Å². The number of benzene rings is 2. The van der Waals surface area contributed by atoms with Crippen LogP contribution in [0.1, 0.15) is 16.7 Å². The number of ether oxygens (including phenoxy) is 1. The molecule has 0 unspecified atom stereocenters. The van der Waals surface area contributed by atoms with Crippen molar-refractivity contribution < 1.29 is 14.3 Å². The van der Waals surface area contributed by atoms with Gasteiger partial charge in [0.05, 0.1) is 12.8 Å². The van der Waals surface area contributed by atoms with E-state index in [2.05, 4.69) is 5.32 Å². The highest BCUT2D eigenvalue weighted by Gasteiger charge is 2.35. The molecule has 0 atom stereocenters.